The van der Waals surface area contributed by atoms with Crippen molar-refractivity contribution in [3.05, 3.63) is 47.5 Å². The van der Waals surface area contributed by atoms with Gasteiger partial charge in [-0.3, -0.25) is 14.5 Å². The Bertz CT molecular complexity index is 1080. The van der Waals surface area contributed by atoms with Crippen molar-refractivity contribution in [1.29, 1.82) is 0 Å². The summed E-state index contributed by atoms with van der Waals surface area (Å²) >= 11 is 0. The zero-order valence-electron chi connectivity index (χ0n) is 26.2. The molecule has 0 aliphatic carbocycles. The SMILES string of the molecule is C/C(=C\[C@@H](NC(=O)[C@@H](NC(=O)[C@@H](N(C)C(=O)OC(C)(C)C)C(C)(C)c1ccccc1)C(C)(C)C)C(C)C)C(=O)O. The molecule has 40 heavy (non-hydrogen) atoms. The van der Waals surface area contributed by atoms with Gasteiger partial charge >= 0.3 is 12.1 Å². The normalized spacial score (nSPS) is 15.1. The second kappa shape index (κ2) is 13.3. The van der Waals surface area contributed by atoms with E-state index in [1.54, 1.807) is 20.8 Å². The molecule has 1 aromatic rings. The van der Waals surface area contributed by atoms with Gasteiger partial charge in [0.05, 0.1) is 6.04 Å². The lowest BCUT2D eigenvalue weighted by Gasteiger charge is -2.41. The molecule has 224 valence electrons. The zero-order valence-corrected chi connectivity index (χ0v) is 26.2. The Morgan fingerprint density at radius 3 is 1.85 bits per heavy atom. The third-order valence-corrected chi connectivity index (χ3v) is 6.73. The molecule has 1 aromatic carbocycles. The van der Waals surface area contributed by atoms with Crippen molar-refractivity contribution in [2.75, 3.05) is 7.05 Å². The van der Waals surface area contributed by atoms with E-state index in [1.165, 1.54) is 24.9 Å². The fourth-order valence-corrected chi connectivity index (χ4v) is 4.34. The maximum absolute atomic E-state index is 14.1. The van der Waals surface area contributed by atoms with Crippen LogP contribution in [0, 0.1) is 11.3 Å². The number of nitrogens with zero attached hydrogens (tertiary/aromatic N) is 1. The Hall–Kier alpha value is -3.36. The minimum Gasteiger partial charge on any atom is -0.478 e. The summed E-state index contributed by atoms with van der Waals surface area (Å²) in [6.07, 6.45) is 0.840. The van der Waals surface area contributed by atoms with Crippen LogP contribution in [-0.4, -0.2) is 64.7 Å². The van der Waals surface area contributed by atoms with Gasteiger partial charge in [0.25, 0.3) is 0 Å². The smallest absolute Gasteiger partial charge is 0.410 e. The molecule has 0 saturated carbocycles. The Labute approximate surface area is 239 Å². The molecule has 9 nitrogen and oxygen atoms in total. The van der Waals surface area contributed by atoms with Gasteiger partial charge in [-0.05, 0) is 44.6 Å². The molecule has 3 amide bonds. The lowest BCUT2D eigenvalue weighted by molar-refractivity contribution is -0.135. The van der Waals surface area contributed by atoms with Crippen molar-refractivity contribution in [3.8, 4) is 0 Å². The van der Waals surface area contributed by atoms with E-state index in [0.29, 0.717) is 0 Å². The topological polar surface area (TPSA) is 125 Å². The van der Waals surface area contributed by atoms with Crippen molar-refractivity contribution < 1.29 is 29.0 Å². The van der Waals surface area contributed by atoms with Gasteiger partial charge < -0.3 is 20.5 Å². The first-order valence-corrected chi connectivity index (χ1v) is 13.6. The number of hydrogen-bond acceptors (Lipinski definition) is 5. The Morgan fingerprint density at radius 2 is 1.43 bits per heavy atom. The van der Waals surface area contributed by atoms with Gasteiger partial charge in [-0.1, -0.05) is 84.9 Å². The number of ether oxygens (including phenoxy) is 1. The first-order valence-electron chi connectivity index (χ1n) is 13.6. The fraction of sp³-hybridized carbons (Fsp3) is 0.613. The van der Waals surface area contributed by atoms with E-state index in [2.05, 4.69) is 10.6 Å². The number of carboxylic acid groups (broad SMARTS) is 1. The van der Waals surface area contributed by atoms with Crippen LogP contribution < -0.4 is 10.6 Å². The van der Waals surface area contributed by atoms with Crippen LogP contribution in [0.1, 0.15) is 81.7 Å². The van der Waals surface area contributed by atoms with Gasteiger partial charge in [-0.25, -0.2) is 9.59 Å². The first kappa shape index (κ1) is 34.7. The molecule has 0 bridgehead atoms. The van der Waals surface area contributed by atoms with Crippen LogP contribution in [0.4, 0.5) is 4.79 Å². The van der Waals surface area contributed by atoms with Gasteiger partial charge in [0.2, 0.25) is 11.8 Å². The van der Waals surface area contributed by atoms with Gasteiger partial charge in [0.15, 0.2) is 0 Å². The monoisotopic (exact) mass is 559 g/mol. The second-order valence-electron chi connectivity index (χ2n) is 13.3. The summed E-state index contributed by atoms with van der Waals surface area (Å²) < 4.78 is 5.59. The summed E-state index contributed by atoms with van der Waals surface area (Å²) in [5, 5.41) is 15.1. The quantitative estimate of drug-likeness (QED) is 0.350. The average molecular weight is 560 g/mol. The van der Waals surface area contributed by atoms with E-state index in [9.17, 15) is 24.3 Å². The lowest BCUT2D eigenvalue weighted by atomic mass is 9.76. The van der Waals surface area contributed by atoms with Crippen LogP contribution in [0.25, 0.3) is 0 Å². The third kappa shape index (κ3) is 9.68. The van der Waals surface area contributed by atoms with Crippen LogP contribution in [-0.2, 0) is 24.5 Å². The van der Waals surface area contributed by atoms with E-state index in [0.717, 1.165) is 5.56 Å². The van der Waals surface area contributed by atoms with E-state index in [4.69, 9.17) is 4.74 Å². The van der Waals surface area contributed by atoms with Crippen molar-refractivity contribution in [2.45, 2.75) is 105 Å². The number of benzene rings is 1. The molecule has 3 atom stereocenters. The van der Waals surface area contributed by atoms with Crippen LogP contribution >= 0.6 is 0 Å². The highest BCUT2D eigenvalue weighted by atomic mass is 16.6. The van der Waals surface area contributed by atoms with E-state index in [-0.39, 0.29) is 11.5 Å². The minimum absolute atomic E-state index is 0.0994. The molecular formula is C31H49N3O6. The van der Waals surface area contributed by atoms with E-state index < -0.39 is 58.4 Å². The van der Waals surface area contributed by atoms with Gasteiger partial charge in [0.1, 0.15) is 17.7 Å². The van der Waals surface area contributed by atoms with Crippen LogP contribution in [0.15, 0.2) is 42.0 Å². The first-order chi connectivity index (χ1) is 18.1. The molecule has 1 rings (SSSR count). The molecule has 9 heteroatoms. The minimum atomic E-state index is -1.07. The highest BCUT2D eigenvalue weighted by Crippen LogP contribution is 2.32. The number of hydrogen-bond donors (Lipinski definition) is 3. The van der Waals surface area contributed by atoms with Gasteiger partial charge in [0, 0.05) is 18.0 Å². The molecule has 3 N–H and O–H groups in total. The summed E-state index contributed by atoms with van der Waals surface area (Å²) in [6.45, 7) is 19.7. The van der Waals surface area contributed by atoms with Gasteiger partial charge in [-0.15, -0.1) is 0 Å². The Balaban J connectivity index is 3.50. The summed E-state index contributed by atoms with van der Waals surface area (Å²) in [6, 6.07) is 6.80. The predicted octanol–water partition coefficient (Wildman–Crippen LogP) is 4.90. The zero-order chi connectivity index (χ0) is 31.2. The molecule has 0 spiro atoms. The third-order valence-electron chi connectivity index (χ3n) is 6.73. The molecule has 0 heterocycles. The fourth-order valence-electron chi connectivity index (χ4n) is 4.34. The van der Waals surface area contributed by atoms with Crippen molar-refractivity contribution in [1.82, 2.24) is 15.5 Å². The predicted molar refractivity (Wildman–Crippen MR) is 157 cm³/mol. The van der Waals surface area contributed by atoms with Crippen LogP contribution in [0.2, 0.25) is 0 Å². The van der Waals surface area contributed by atoms with Crippen LogP contribution in [0.5, 0.6) is 0 Å². The summed E-state index contributed by atoms with van der Waals surface area (Å²) in [7, 11) is 1.52. The van der Waals surface area contributed by atoms with Gasteiger partial charge in [-0.2, -0.15) is 0 Å². The largest absolute Gasteiger partial charge is 0.478 e. The van der Waals surface area contributed by atoms with Crippen molar-refractivity contribution in [3.63, 3.8) is 0 Å². The van der Waals surface area contributed by atoms with Crippen molar-refractivity contribution >= 4 is 23.9 Å². The highest BCUT2D eigenvalue weighted by Gasteiger charge is 2.45. The maximum atomic E-state index is 14.1. The number of rotatable bonds is 10. The van der Waals surface area contributed by atoms with E-state index in [1.807, 2.05) is 78.8 Å². The summed E-state index contributed by atoms with van der Waals surface area (Å²) in [4.78, 5) is 53.5. The number of nitrogens with one attached hydrogen (secondary N) is 2. The van der Waals surface area contributed by atoms with E-state index >= 15 is 0 Å². The molecular weight excluding hydrogens is 510 g/mol. The number of aliphatic carboxylic acids is 1. The standard InChI is InChI=1S/C31H49N3O6/c1-19(2)22(18-20(3)27(37)38)32-25(35)23(29(4,5)6)33-26(36)24(34(12)28(39)40-30(7,8)9)31(10,11)21-16-14-13-15-17-21/h13-19,22-24H,1-12H3,(H,32,35)(H,33,36)(H,37,38)/b20-18+/t22-,23-,24-/m1/s1. The molecule has 0 aliphatic heterocycles. The number of carbonyl (C=O) groups is 4. The lowest BCUT2D eigenvalue weighted by Crippen LogP contribution is -2.63. The molecule has 0 unspecified atom stereocenters. The average Bonchev–Trinajstić information content (AvgIpc) is 2.80. The number of amides is 3. The number of carboxylic acids is 1. The highest BCUT2D eigenvalue weighted by molar-refractivity contribution is 5.93. The number of likely N-dealkylation sites (N-methyl/N-ethyl adjacent to an activating group) is 1. The summed E-state index contributed by atoms with van der Waals surface area (Å²) in [5.74, 6) is -2.14. The molecule has 0 aliphatic rings. The maximum Gasteiger partial charge on any atom is 0.410 e. The summed E-state index contributed by atoms with van der Waals surface area (Å²) in [5.41, 5.74) is -1.41. The molecule has 0 saturated heterocycles. The Morgan fingerprint density at radius 1 is 0.900 bits per heavy atom. The molecule has 0 aromatic heterocycles. The van der Waals surface area contributed by atoms with Crippen LogP contribution in [0.3, 0.4) is 0 Å². The molecule has 0 fully saturated rings. The Kier molecular flexibility index (Phi) is 11.6. The van der Waals surface area contributed by atoms with Crippen molar-refractivity contribution in [2.24, 2.45) is 11.3 Å². The number of carbonyl (C=O) groups excluding carboxylic acids is 3. The second-order valence-corrected chi connectivity index (χ2v) is 13.3. The molecule has 0 radical (unpaired) electrons.